The van der Waals surface area contributed by atoms with Gasteiger partial charge in [-0.1, -0.05) is 26.7 Å². The summed E-state index contributed by atoms with van der Waals surface area (Å²) in [7, 11) is 0. The molecule has 5 nitrogen and oxygen atoms in total. The van der Waals surface area contributed by atoms with Crippen molar-refractivity contribution in [3.8, 4) is 0 Å². The van der Waals surface area contributed by atoms with Crippen LogP contribution in [0.5, 0.6) is 0 Å². The van der Waals surface area contributed by atoms with Crippen LogP contribution in [0.1, 0.15) is 46.0 Å². The van der Waals surface area contributed by atoms with Gasteiger partial charge in [-0.05, 0) is 12.8 Å². The van der Waals surface area contributed by atoms with Gasteiger partial charge in [0.1, 0.15) is 6.04 Å². The molecule has 1 aliphatic heterocycles. The maximum absolute atomic E-state index is 12.4. The molecule has 0 bridgehead atoms. The van der Waals surface area contributed by atoms with E-state index in [9.17, 15) is 9.59 Å². The van der Waals surface area contributed by atoms with E-state index in [1.807, 2.05) is 4.90 Å². The van der Waals surface area contributed by atoms with Crippen molar-refractivity contribution in [3.05, 3.63) is 0 Å². The van der Waals surface area contributed by atoms with E-state index in [0.717, 1.165) is 38.8 Å². The molecule has 1 unspecified atom stereocenters. The number of carboxylic acid groups (broad SMARTS) is 1. The number of aliphatic imine (C=N–C) groups is 1. The smallest absolute Gasteiger partial charge is 0.309 e. The summed E-state index contributed by atoms with van der Waals surface area (Å²) in [6, 6.07) is -0.386. The van der Waals surface area contributed by atoms with Gasteiger partial charge in [-0.15, -0.1) is 11.8 Å². The Kier molecular flexibility index (Phi) is 7.65. The topological polar surface area (TPSA) is 70.0 Å². The van der Waals surface area contributed by atoms with E-state index in [2.05, 4.69) is 18.8 Å². The molecule has 0 aromatic rings. The molecule has 0 radical (unpaired) electrons. The van der Waals surface area contributed by atoms with E-state index in [-0.39, 0.29) is 18.4 Å². The van der Waals surface area contributed by atoms with Crippen molar-refractivity contribution in [3.63, 3.8) is 0 Å². The lowest BCUT2D eigenvalue weighted by Crippen LogP contribution is -2.40. The Morgan fingerprint density at radius 1 is 1.30 bits per heavy atom. The van der Waals surface area contributed by atoms with E-state index in [1.54, 1.807) is 0 Å². The summed E-state index contributed by atoms with van der Waals surface area (Å²) < 4.78 is 0. The number of carbonyl (C=O) groups is 2. The van der Waals surface area contributed by atoms with Crippen LogP contribution < -0.4 is 0 Å². The van der Waals surface area contributed by atoms with Crippen molar-refractivity contribution in [2.24, 2.45) is 4.99 Å². The summed E-state index contributed by atoms with van der Waals surface area (Å²) >= 11 is 1.39. The van der Waals surface area contributed by atoms with E-state index in [1.165, 1.54) is 11.8 Å². The lowest BCUT2D eigenvalue weighted by molar-refractivity contribution is -0.135. The zero-order valence-electron chi connectivity index (χ0n) is 12.3. The average Bonchev–Trinajstić information content (AvgIpc) is 2.86. The number of hydrogen-bond donors (Lipinski definition) is 1. The molecule has 0 saturated heterocycles. The second kappa shape index (κ2) is 9.00. The highest BCUT2D eigenvalue weighted by molar-refractivity contribution is 8.14. The van der Waals surface area contributed by atoms with Crippen LogP contribution in [0.4, 0.5) is 0 Å². The quantitative estimate of drug-likeness (QED) is 0.710. The summed E-state index contributed by atoms with van der Waals surface area (Å²) in [5.74, 6) is -0.256. The maximum Gasteiger partial charge on any atom is 0.309 e. The molecule has 114 valence electrons. The van der Waals surface area contributed by atoms with Gasteiger partial charge in [-0.3, -0.25) is 14.6 Å². The molecular weight excluding hydrogens is 276 g/mol. The molecule has 0 aromatic heterocycles. The van der Waals surface area contributed by atoms with E-state index >= 15 is 0 Å². The molecule has 1 aliphatic rings. The normalized spacial score (nSPS) is 17.9. The molecule has 1 heterocycles. The third kappa shape index (κ3) is 5.53. The predicted molar refractivity (Wildman–Crippen MR) is 82.3 cm³/mol. The van der Waals surface area contributed by atoms with E-state index < -0.39 is 5.97 Å². The molecule has 20 heavy (non-hydrogen) atoms. The zero-order valence-corrected chi connectivity index (χ0v) is 13.1. The van der Waals surface area contributed by atoms with Gasteiger partial charge in [-0.2, -0.15) is 0 Å². The first kappa shape index (κ1) is 17.0. The molecule has 1 N–H and O–H groups in total. The molecule has 1 rings (SSSR count). The summed E-state index contributed by atoms with van der Waals surface area (Å²) in [5.41, 5.74) is 0. The van der Waals surface area contributed by atoms with Crippen LogP contribution in [0.15, 0.2) is 4.99 Å². The third-order valence-electron chi connectivity index (χ3n) is 3.17. The monoisotopic (exact) mass is 300 g/mol. The van der Waals surface area contributed by atoms with Gasteiger partial charge < -0.3 is 10.0 Å². The number of carboxylic acids is 1. The van der Waals surface area contributed by atoms with Crippen LogP contribution in [0, 0.1) is 0 Å². The first-order valence-electron chi connectivity index (χ1n) is 7.28. The highest BCUT2D eigenvalue weighted by atomic mass is 32.2. The van der Waals surface area contributed by atoms with Crippen LogP contribution in [-0.2, 0) is 9.59 Å². The SMILES string of the molecule is CCCCN(CCCC)C(=O)C1CSC(CC(=O)O)=N1. The minimum absolute atomic E-state index is 0.0554. The molecule has 0 aliphatic carbocycles. The predicted octanol–water partition coefficient (Wildman–Crippen LogP) is 2.40. The van der Waals surface area contributed by atoms with Gasteiger partial charge in [0.25, 0.3) is 0 Å². The number of carbonyl (C=O) groups excluding carboxylic acids is 1. The van der Waals surface area contributed by atoms with Crippen molar-refractivity contribution < 1.29 is 14.7 Å². The third-order valence-corrected chi connectivity index (χ3v) is 4.24. The van der Waals surface area contributed by atoms with Crippen molar-refractivity contribution in [1.82, 2.24) is 4.90 Å². The Morgan fingerprint density at radius 2 is 1.90 bits per heavy atom. The van der Waals surface area contributed by atoms with Crippen molar-refractivity contribution in [2.75, 3.05) is 18.8 Å². The second-order valence-electron chi connectivity index (χ2n) is 4.95. The molecule has 1 atom stereocenters. The van der Waals surface area contributed by atoms with Crippen LogP contribution in [0.25, 0.3) is 0 Å². The Labute approximate surface area is 124 Å². The lowest BCUT2D eigenvalue weighted by Gasteiger charge is -2.24. The van der Waals surface area contributed by atoms with Gasteiger partial charge in [-0.25, -0.2) is 0 Å². The van der Waals surface area contributed by atoms with E-state index in [4.69, 9.17) is 5.11 Å². The minimum atomic E-state index is -0.891. The number of aliphatic carboxylic acids is 1. The van der Waals surface area contributed by atoms with Gasteiger partial charge in [0.2, 0.25) is 5.91 Å². The summed E-state index contributed by atoms with van der Waals surface area (Å²) in [6.07, 6.45) is 4.05. The average molecular weight is 300 g/mol. The van der Waals surface area contributed by atoms with Crippen molar-refractivity contribution in [2.45, 2.75) is 52.0 Å². The fourth-order valence-corrected chi connectivity index (χ4v) is 3.01. The number of rotatable bonds is 9. The van der Waals surface area contributed by atoms with E-state index in [0.29, 0.717) is 10.8 Å². The second-order valence-corrected chi connectivity index (χ2v) is 6.05. The fourth-order valence-electron chi connectivity index (χ4n) is 2.02. The highest BCUT2D eigenvalue weighted by Gasteiger charge is 2.29. The van der Waals surface area contributed by atoms with Gasteiger partial charge in [0.05, 0.1) is 11.5 Å². The Balaban J connectivity index is 2.59. The number of unbranched alkanes of at least 4 members (excludes halogenated alkanes) is 2. The minimum Gasteiger partial charge on any atom is -0.481 e. The summed E-state index contributed by atoms with van der Waals surface area (Å²) in [6.45, 7) is 5.77. The Hall–Kier alpha value is -1.04. The highest BCUT2D eigenvalue weighted by Crippen LogP contribution is 2.22. The summed E-state index contributed by atoms with van der Waals surface area (Å²) in [5, 5.41) is 9.32. The molecule has 1 amide bonds. The number of nitrogens with zero attached hydrogens (tertiary/aromatic N) is 2. The maximum atomic E-state index is 12.4. The van der Waals surface area contributed by atoms with Crippen LogP contribution >= 0.6 is 11.8 Å². The molecule has 0 fully saturated rings. The van der Waals surface area contributed by atoms with Crippen LogP contribution in [-0.4, -0.2) is 51.8 Å². The van der Waals surface area contributed by atoms with Crippen LogP contribution in [0.2, 0.25) is 0 Å². The Bertz CT molecular complexity index is 363. The van der Waals surface area contributed by atoms with Gasteiger partial charge in [0, 0.05) is 18.8 Å². The molecule has 0 aromatic carbocycles. The number of thioether (sulfide) groups is 1. The van der Waals surface area contributed by atoms with Gasteiger partial charge in [0.15, 0.2) is 0 Å². The first-order valence-corrected chi connectivity index (χ1v) is 8.27. The lowest BCUT2D eigenvalue weighted by atomic mass is 10.2. The van der Waals surface area contributed by atoms with Crippen LogP contribution in [0.3, 0.4) is 0 Å². The summed E-state index contributed by atoms with van der Waals surface area (Å²) in [4.78, 5) is 29.3. The van der Waals surface area contributed by atoms with Crippen molar-refractivity contribution in [1.29, 1.82) is 0 Å². The first-order chi connectivity index (χ1) is 9.58. The largest absolute Gasteiger partial charge is 0.481 e. The van der Waals surface area contributed by atoms with Gasteiger partial charge >= 0.3 is 5.97 Å². The Morgan fingerprint density at radius 3 is 2.40 bits per heavy atom. The number of amides is 1. The zero-order chi connectivity index (χ0) is 15.0. The fraction of sp³-hybridized carbons (Fsp3) is 0.786. The molecular formula is C14H24N2O3S. The number of hydrogen-bond acceptors (Lipinski definition) is 4. The van der Waals surface area contributed by atoms with Crippen molar-refractivity contribution >= 4 is 28.7 Å². The molecule has 0 saturated carbocycles. The molecule has 6 heteroatoms. The standard InChI is InChI=1S/C14H24N2O3S/c1-3-5-7-16(8-6-4-2)14(19)11-10-20-12(15-11)9-13(17)18/h11H,3-10H2,1-2H3,(H,17,18). The molecule has 0 spiro atoms.